The number of aryl methyl sites for hydroxylation is 3. The lowest BCUT2D eigenvalue weighted by Gasteiger charge is -2.14. The minimum atomic E-state index is -0.00311. The summed E-state index contributed by atoms with van der Waals surface area (Å²) in [5.74, 6) is -0.00311. The Morgan fingerprint density at radius 3 is 2.13 bits per heavy atom. The number of hydrogen-bond donors (Lipinski definition) is 1. The van der Waals surface area contributed by atoms with Crippen LogP contribution in [-0.4, -0.2) is 5.91 Å². The van der Waals surface area contributed by atoms with E-state index in [1.165, 1.54) is 11.1 Å². The largest absolute Gasteiger partial charge is 0.326 e. The fourth-order valence-electron chi connectivity index (χ4n) is 2.59. The van der Waals surface area contributed by atoms with Crippen molar-refractivity contribution < 1.29 is 4.79 Å². The molecule has 0 aromatic heterocycles. The Balaban J connectivity index is 2.07. The molecule has 1 N–H and O–H groups in total. The second kappa shape index (κ2) is 8.37. The molecule has 0 saturated heterocycles. The molecule has 122 valence electrons. The van der Waals surface area contributed by atoms with Gasteiger partial charge in [0.05, 0.1) is 10.0 Å². The smallest absolute Gasteiger partial charge is 0.224 e. The number of carbonyl (C=O) groups excluding carboxylic acids is 1. The van der Waals surface area contributed by atoms with E-state index in [4.69, 9.17) is 23.2 Å². The Hall–Kier alpha value is -1.51. The molecule has 0 unspecified atom stereocenters. The lowest BCUT2D eigenvalue weighted by molar-refractivity contribution is -0.116. The molecule has 0 saturated carbocycles. The van der Waals surface area contributed by atoms with E-state index in [1.54, 1.807) is 6.07 Å². The Morgan fingerprint density at radius 2 is 1.52 bits per heavy atom. The van der Waals surface area contributed by atoms with Crippen molar-refractivity contribution in [3.8, 4) is 0 Å². The van der Waals surface area contributed by atoms with Gasteiger partial charge in [-0.05, 0) is 42.0 Å². The summed E-state index contributed by atoms with van der Waals surface area (Å²) in [5, 5.41) is 4.13. The normalized spacial score (nSPS) is 10.6. The zero-order valence-electron chi connectivity index (χ0n) is 13.5. The maximum Gasteiger partial charge on any atom is 0.224 e. The van der Waals surface area contributed by atoms with E-state index in [1.807, 2.05) is 18.2 Å². The first-order valence-electron chi connectivity index (χ1n) is 7.90. The number of para-hydroxylation sites is 1. The number of rotatable bonds is 6. The van der Waals surface area contributed by atoms with Crippen LogP contribution in [0.3, 0.4) is 0 Å². The zero-order valence-corrected chi connectivity index (χ0v) is 15.0. The lowest BCUT2D eigenvalue weighted by atomic mass is 10.0. The van der Waals surface area contributed by atoms with Gasteiger partial charge in [-0.15, -0.1) is 0 Å². The number of carbonyl (C=O) groups is 1. The number of benzene rings is 2. The number of amides is 1. The summed E-state index contributed by atoms with van der Waals surface area (Å²) in [6, 6.07) is 11.7. The molecule has 4 heteroatoms. The lowest BCUT2D eigenvalue weighted by Crippen LogP contribution is -2.15. The van der Waals surface area contributed by atoms with E-state index in [-0.39, 0.29) is 5.91 Å². The molecule has 2 aromatic carbocycles. The van der Waals surface area contributed by atoms with Crippen molar-refractivity contribution in [3.63, 3.8) is 0 Å². The van der Waals surface area contributed by atoms with Crippen molar-refractivity contribution in [1.29, 1.82) is 0 Å². The molecule has 2 aromatic rings. The summed E-state index contributed by atoms with van der Waals surface area (Å²) in [5.41, 5.74) is 4.19. The Kier molecular flexibility index (Phi) is 6.49. The molecule has 0 aliphatic rings. The van der Waals surface area contributed by atoms with Gasteiger partial charge in [-0.25, -0.2) is 0 Å². The number of anilines is 1. The first kappa shape index (κ1) is 17.8. The summed E-state index contributed by atoms with van der Waals surface area (Å²) in [6.45, 7) is 4.19. The predicted octanol–water partition coefficient (Wildman–Crippen LogP) is 5.69. The van der Waals surface area contributed by atoms with Crippen molar-refractivity contribution >= 4 is 34.8 Å². The summed E-state index contributed by atoms with van der Waals surface area (Å²) in [6.07, 6.45) is 2.73. The topological polar surface area (TPSA) is 29.1 Å². The fraction of sp³-hybridized carbons (Fsp3) is 0.316. The van der Waals surface area contributed by atoms with Gasteiger partial charge in [0, 0.05) is 12.1 Å². The van der Waals surface area contributed by atoms with Crippen LogP contribution in [0.5, 0.6) is 0 Å². The van der Waals surface area contributed by atoms with Crippen LogP contribution in [0.25, 0.3) is 0 Å². The highest BCUT2D eigenvalue weighted by Gasteiger charge is 2.11. The molecule has 0 bridgehead atoms. The summed E-state index contributed by atoms with van der Waals surface area (Å²) in [7, 11) is 0. The molecular formula is C19H21Cl2NO. The molecule has 0 heterocycles. The molecule has 0 spiro atoms. The highest BCUT2D eigenvalue weighted by atomic mass is 35.5. The second-order valence-electron chi connectivity index (χ2n) is 5.42. The van der Waals surface area contributed by atoms with Crippen molar-refractivity contribution in [2.45, 2.75) is 39.5 Å². The Bertz CT molecular complexity index is 676. The molecule has 1 amide bonds. The second-order valence-corrected chi connectivity index (χ2v) is 6.20. The third-order valence-electron chi connectivity index (χ3n) is 3.92. The van der Waals surface area contributed by atoms with E-state index in [0.29, 0.717) is 22.9 Å². The molecule has 0 aliphatic carbocycles. The average molecular weight is 350 g/mol. The highest BCUT2D eigenvalue weighted by molar-refractivity contribution is 6.42. The van der Waals surface area contributed by atoms with Crippen molar-refractivity contribution in [3.05, 3.63) is 63.1 Å². The van der Waals surface area contributed by atoms with Crippen molar-refractivity contribution in [1.82, 2.24) is 0 Å². The van der Waals surface area contributed by atoms with E-state index in [0.717, 1.165) is 24.1 Å². The summed E-state index contributed by atoms with van der Waals surface area (Å²) < 4.78 is 0. The fourth-order valence-corrected chi connectivity index (χ4v) is 3.01. The van der Waals surface area contributed by atoms with Crippen molar-refractivity contribution in [2.24, 2.45) is 0 Å². The highest BCUT2D eigenvalue weighted by Crippen LogP contribution is 2.27. The molecule has 2 rings (SSSR count). The minimum absolute atomic E-state index is 0.00311. The monoisotopic (exact) mass is 349 g/mol. The van der Waals surface area contributed by atoms with Gasteiger partial charge in [0.15, 0.2) is 0 Å². The summed E-state index contributed by atoms with van der Waals surface area (Å²) in [4.78, 5) is 12.3. The van der Waals surface area contributed by atoms with E-state index < -0.39 is 0 Å². The Labute approximate surface area is 147 Å². The SMILES string of the molecule is CCc1cccc(CC)c1NC(=O)CCc1cccc(Cl)c1Cl. The Morgan fingerprint density at radius 1 is 0.957 bits per heavy atom. The van der Waals surface area contributed by atoms with Gasteiger partial charge in [0.1, 0.15) is 0 Å². The first-order valence-corrected chi connectivity index (χ1v) is 8.65. The van der Waals surface area contributed by atoms with Gasteiger partial charge in [-0.3, -0.25) is 4.79 Å². The molecule has 0 fully saturated rings. The van der Waals surface area contributed by atoms with E-state index in [9.17, 15) is 4.79 Å². The van der Waals surface area contributed by atoms with Gasteiger partial charge < -0.3 is 5.32 Å². The van der Waals surface area contributed by atoms with Crippen LogP contribution in [0.2, 0.25) is 10.0 Å². The van der Waals surface area contributed by atoms with Crippen LogP contribution in [-0.2, 0) is 24.1 Å². The standard InChI is InChI=1S/C19H21Cl2NO/c1-3-13-7-5-8-14(4-2)19(13)22-17(23)12-11-15-9-6-10-16(20)18(15)21/h5-10H,3-4,11-12H2,1-2H3,(H,22,23). The van der Waals surface area contributed by atoms with Gasteiger partial charge >= 0.3 is 0 Å². The van der Waals surface area contributed by atoms with Crippen LogP contribution < -0.4 is 5.32 Å². The third kappa shape index (κ3) is 4.49. The number of nitrogens with one attached hydrogen (secondary N) is 1. The third-order valence-corrected chi connectivity index (χ3v) is 4.77. The molecular weight excluding hydrogens is 329 g/mol. The zero-order chi connectivity index (χ0) is 16.8. The maximum atomic E-state index is 12.3. The van der Waals surface area contributed by atoms with Crippen LogP contribution in [0.15, 0.2) is 36.4 Å². The van der Waals surface area contributed by atoms with Crippen molar-refractivity contribution in [2.75, 3.05) is 5.32 Å². The number of halogens is 2. The predicted molar refractivity (Wildman–Crippen MR) is 98.6 cm³/mol. The molecule has 0 aliphatic heterocycles. The molecule has 0 radical (unpaired) electrons. The van der Waals surface area contributed by atoms with Crippen LogP contribution in [0, 0.1) is 0 Å². The summed E-state index contributed by atoms with van der Waals surface area (Å²) >= 11 is 12.2. The molecule has 2 nitrogen and oxygen atoms in total. The molecule has 0 atom stereocenters. The average Bonchev–Trinajstić information content (AvgIpc) is 2.56. The molecule has 23 heavy (non-hydrogen) atoms. The van der Waals surface area contributed by atoms with Gasteiger partial charge in [0.2, 0.25) is 5.91 Å². The number of hydrogen-bond acceptors (Lipinski definition) is 1. The van der Waals surface area contributed by atoms with Gasteiger partial charge in [0.25, 0.3) is 0 Å². The maximum absolute atomic E-state index is 12.3. The van der Waals surface area contributed by atoms with Crippen LogP contribution in [0.4, 0.5) is 5.69 Å². The first-order chi connectivity index (χ1) is 11.1. The van der Waals surface area contributed by atoms with Gasteiger partial charge in [-0.1, -0.05) is 67.4 Å². The van der Waals surface area contributed by atoms with Gasteiger partial charge in [-0.2, -0.15) is 0 Å². The van der Waals surface area contributed by atoms with Crippen LogP contribution >= 0.6 is 23.2 Å². The quantitative estimate of drug-likeness (QED) is 0.712. The van der Waals surface area contributed by atoms with E-state index >= 15 is 0 Å². The van der Waals surface area contributed by atoms with E-state index in [2.05, 4.69) is 31.3 Å². The minimum Gasteiger partial charge on any atom is -0.326 e. The van der Waals surface area contributed by atoms with Crippen LogP contribution in [0.1, 0.15) is 37.0 Å².